The van der Waals surface area contributed by atoms with Gasteiger partial charge in [-0.3, -0.25) is 0 Å². The first-order valence-electron chi connectivity index (χ1n) is 5.00. The van der Waals surface area contributed by atoms with E-state index in [-0.39, 0.29) is 0 Å². The van der Waals surface area contributed by atoms with Crippen molar-refractivity contribution in [2.24, 2.45) is 0 Å². The monoisotopic (exact) mass is 251 g/mol. The third-order valence-electron chi connectivity index (χ3n) is 2.14. The van der Waals surface area contributed by atoms with Crippen molar-refractivity contribution in [3.63, 3.8) is 0 Å². The van der Waals surface area contributed by atoms with E-state index in [0.29, 0.717) is 4.31 Å². The van der Waals surface area contributed by atoms with E-state index in [1.165, 1.54) is 0 Å². The van der Waals surface area contributed by atoms with E-state index < -0.39 is 34.1 Å². The van der Waals surface area contributed by atoms with Gasteiger partial charge in [0.2, 0.25) is 0 Å². The van der Waals surface area contributed by atoms with Gasteiger partial charge in [-0.15, -0.1) is 0 Å². The molecule has 0 aromatic rings. The number of hydrogen-bond acceptors (Lipinski definition) is 5. The normalized spacial score (nSPS) is 29.2. The van der Waals surface area contributed by atoms with Crippen LogP contribution in [-0.2, 0) is 19.2 Å². The molecule has 0 aromatic carbocycles. The Morgan fingerprint density at radius 2 is 1.81 bits per heavy atom. The standard InChI is InChI=1S/C9H17NO5S/c1-6-7(2)15-16(12,13)10(6)8(11)14-9(3,4)5/h6-7H,1-5H3/t6-,7-/m1/s1. The molecular weight excluding hydrogens is 234 g/mol. The fourth-order valence-corrected chi connectivity index (χ4v) is 2.71. The molecule has 0 unspecified atom stereocenters. The molecule has 1 saturated heterocycles. The first-order chi connectivity index (χ1) is 7.04. The van der Waals surface area contributed by atoms with Crippen LogP contribution in [0.25, 0.3) is 0 Å². The molecule has 1 aliphatic rings. The predicted octanol–water partition coefficient (Wildman–Crippen LogP) is 1.28. The summed E-state index contributed by atoms with van der Waals surface area (Å²) in [5, 5.41) is 0. The molecule has 0 aromatic heterocycles. The second-order valence-electron chi connectivity index (χ2n) is 4.78. The molecule has 2 atom stereocenters. The number of ether oxygens (including phenoxy) is 1. The van der Waals surface area contributed by atoms with Gasteiger partial charge >= 0.3 is 16.4 Å². The highest BCUT2D eigenvalue weighted by atomic mass is 32.2. The topological polar surface area (TPSA) is 72.9 Å². The number of hydrogen-bond donors (Lipinski definition) is 0. The van der Waals surface area contributed by atoms with Crippen molar-refractivity contribution in [1.29, 1.82) is 0 Å². The average Bonchev–Trinajstić information content (AvgIpc) is 2.16. The van der Waals surface area contributed by atoms with E-state index in [9.17, 15) is 13.2 Å². The molecule has 0 spiro atoms. The van der Waals surface area contributed by atoms with Crippen LogP contribution in [0.5, 0.6) is 0 Å². The SMILES string of the molecule is C[C@@H]1[C@@H](C)OS(=O)(=O)N1C(=O)OC(C)(C)C. The summed E-state index contributed by atoms with van der Waals surface area (Å²) < 4.78 is 33.4. The van der Waals surface area contributed by atoms with Crippen molar-refractivity contribution in [2.45, 2.75) is 52.4 Å². The van der Waals surface area contributed by atoms with E-state index >= 15 is 0 Å². The number of carbonyl (C=O) groups is 1. The molecular formula is C9H17NO5S. The molecule has 0 aliphatic carbocycles. The van der Waals surface area contributed by atoms with E-state index in [2.05, 4.69) is 0 Å². The van der Waals surface area contributed by atoms with Crippen LogP contribution in [0.3, 0.4) is 0 Å². The predicted molar refractivity (Wildman–Crippen MR) is 57.0 cm³/mol. The molecule has 1 aliphatic heterocycles. The maximum atomic E-state index is 11.7. The molecule has 0 N–H and O–H groups in total. The smallest absolute Gasteiger partial charge is 0.426 e. The largest absolute Gasteiger partial charge is 0.443 e. The van der Waals surface area contributed by atoms with Crippen molar-refractivity contribution >= 4 is 16.4 Å². The second kappa shape index (κ2) is 3.89. The molecule has 16 heavy (non-hydrogen) atoms. The lowest BCUT2D eigenvalue weighted by Crippen LogP contribution is -2.42. The first-order valence-corrected chi connectivity index (χ1v) is 6.37. The van der Waals surface area contributed by atoms with Crippen LogP contribution in [0.2, 0.25) is 0 Å². The third kappa shape index (κ3) is 2.65. The molecule has 0 radical (unpaired) electrons. The van der Waals surface area contributed by atoms with Crippen molar-refractivity contribution in [3.8, 4) is 0 Å². The van der Waals surface area contributed by atoms with Crippen molar-refractivity contribution in [1.82, 2.24) is 4.31 Å². The maximum Gasteiger partial charge on any atom is 0.426 e. The minimum Gasteiger partial charge on any atom is -0.443 e. The van der Waals surface area contributed by atoms with Gasteiger partial charge in [0.15, 0.2) is 0 Å². The number of amides is 1. The van der Waals surface area contributed by atoms with Gasteiger partial charge < -0.3 is 4.74 Å². The summed E-state index contributed by atoms with van der Waals surface area (Å²) in [6.45, 7) is 8.19. The van der Waals surface area contributed by atoms with Gasteiger partial charge in [-0.2, -0.15) is 12.7 Å². The van der Waals surface area contributed by atoms with Gasteiger partial charge in [-0.25, -0.2) is 8.98 Å². The zero-order valence-corrected chi connectivity index (χ0v) is 10.9. The highest BCUT2D eigenvalue weighted by Gasteiger charge is 2.46. The van der Waals surface area contributed by atoms with Gasteiger partial charge in [-0.05, 0) is 34.6 Å². The van der Waals surface area contributed by atoms with Crippen molar-refractivity contribution < 1.29 is 22.1 Å². The van der Waals surface area contributed by atoms with Crippen LogP contribution < -0.4 is 0 Å². The van der Waals surface area contributed by atoms with Crippen LogP contribution in [-0.4, -0.2) is 36.6 Å². The highest BCUT2D eigenvalue weighted by molar-refractivity contribution is 7.85. The summed E-state index contributed by atoms with van der Waals surface area (Å²) in [5.74, 6) is 0. The molecule has 1 amide bonds. The molecule has 1 heterocycles. The summed E-state index contributed by atoms with van der Waals surface area (Å²) in [6.07, 6.45) is -1.46. The van der Waals surface area contributed by atoms with E-state index in [1.54, 1.807) is 34.6 Å². The van der Waals surface area contributed by atoms with Gasteiger partial charge in [0, 0.05) is 0 Å². The van der Waals surface area contributed by atoms with Gasteiger partial charge in [0.05, 0.1) is 12.1 Å². The lowest BCUT2D eigenvalue weighted by Gasteiger charge is -2.24. The molecule has 1 fully saturated rings. The second-order valence-corrected chi connectivity index (χ2v) is 6.22. The Kier molecular flexibility index (Phi) is 3.22. The van der Waals surface area contributed by atoms with Crippen LogP contribution in [0, 0.1) is 0 Å². The van der Waals surface area contributed by atoms with E-state index in [1.807, 2.05) is 0 Å². The van der Waals surface area contributed by atoms with Gasteiger partial charge in [-0.1, -0.05) is 0 Å². The molecule has 0 saturated carbocycles. The highest BCUT2D eigenvalue weighted by Crippen LogP contribution is 2.26. The summed E-state index contributed by atoms with van der Waals surface area (Å²) in [4.78, 5) is 11.7. The Labute approximate surface area is 95.8 Å². The van der Waals surface area contributed by atoms with Crippen molar-refractivity contribution in [3.05, 3.63) is 0 Å². The Bertz CT molecular complexity index is 383. The zero-order chi connectivity index (χ0) is 12.7. The van der Waals surface area contributed by atoms with Gasteiger partial charge in [0.25, 0.3) is 0 Å². The quantitative estimate of drug-likeness (QED) is 0.648. The summed E-state index contributed by atoms with van der Waals surface area (Å²) in [6, 6.07) is -0.556. The molecule has 7 heteroatoms. The van der Waals surface area contributed by atoms with Crippen LogP contribution in [0.15, 0.2) is 0 Å². The van der Waals surface area contributed by atoms with Crippen LogP contribution >= 0.6 is 0 Å². The van der Waals surface area contributed by atoms with Crippen LogP contribution in [0.1, 0.15) is 34.6 Å². The molecule has 0 bridgehead atoms. The fraction of sp³-hybridized carbons (Fsp3) is 0.889. The Hall–Kier alpha value is -0.820. The fourth-order valence-electron chi connectivity index (χ4n) is 1.28. The molecule has 94 valence electrons. The van der Waals surface area contributed by atoms with E-state index in [4.69, 9.17) is 8.92 Å². The lowest BCUT2D eigenvalue weighted by molar-refractivity contribution is 0.0351. The number of rotatable bonds is 0. The summed E-state index contributed by atoms with van der Waals surface area (Å²) in [7, 11) is -4.00. The van der Waals surface area contributed by atoms with E-state index in [0.717, 1.165) is 0 Å². The summed E-state index contributed by atoms with van der Waals surface area (Å²) in [5.41, 5.74) is -0.738. The minimum absolute atomic E-state index is 0.556. The average molecular weight is 251 g/mol. The Balaban J connectivity index is 2.92. The Morgan fingerprint density at radius 1 is 1.31 bits per heavy atom. The van der Waals surface area contributed by atoms with Gasteiger partial charge in [0.1, 0.15) is 5.60 Å². The first kappa shape index (κ1) is 13.2. The molecule has 1 rings (SSSR count). The third-order valence-corrected chi connectivity index (χ3v) is 3.65. The Morgan fingerprint density at radius 3 is 2.12 bits per heavy atom. The number of carbonyl (C=O) groups excluding carboxylic acids is 1. The summed E-state index contributed by atoms with van der Waals surface area (Å²) >= 11 is 0. The minimum atomic E-state index is -4.00. The maximum absolute atomic E-state index is 11.7. The molecule has 6 nitrogen and oxygen atoms in total. The number of nitrogens with zero attached hydrogens (tertiary/aromatic N) is 1. The zero-order valence-electron chi connectivity index (χ0n) is 10.1. The lowest BCUT2D eigenvalue weighted by atomic mass is 10.2. The van der Waals surface area contributed by atoms with Crippen LogP contribution in [0.4, 0.5) is 4.79 Å². The van der Waals surface area contributed by atoms with Crippen molar-refractivity contribution in [2.75, 3.05) is 0 Å².